The molecule has 0 aliphatic rings. The van der Waals surface area contributed by atoms with E-state index < -0.39 is 0 Å². The van der Waals surface area contributed by atoms with Crippen molar-refractivity contribution in [2.75, 3.05) is 13.1 Å². The van der Waals surface area contributed by atoms with Gasteiger partial charge in [0.1, 0.15) is 11.0 Å². The third kappa shape index (κ3) is 6.39. The molecule has 0 saturated heterocycles. The van der Waals surface area contributed by atoms with Crippen molar-refractivity contribution in [3.05, 3.63) is 96.1 Å². The lowest BCUT2D eigenvalue weighted by Crippen LogP contribution is -2.32. The van der Waals surface area contributed by atoms with E-state index in [-0.39, 0.29) is 22.8 Å². The van der Waals surface area contributed by atoms with Crippen LogP contribution >= 0.6 is 11.8 Å². The van der Waals surface area contributed by atoms with Crippen LogP contribution in [0.15, 0.2) is 89.8 Å². The number of carbonyl (C=O) groups excluding carboxylic acids is 2. The molecule has 5 nitrogen and oxygen atoms in total. The highest BCUT2D eigenvalue weighted by molar-refractivity contribution is 8.00. The van der Waals surface area contributed by atoms with Crippen molar-refractivity contribution in [2.45, 2.75) is 16.6 Å². The molecule has 0 spiro atoms. The fourth-order valence-electron chi connectivity index (χ4n) is 2.88. The molecule has 0 bridgehead atoms. The molecule has 0 radical (unpaired) electrons. The number of phenols is 1. The second-order valence-corrected chi connectivity index (χ2v) is 7.85. The van der Waals surface area contributed by atoms with E-state index in [0.717, 1.165) is 10.5 Å². The summed E-state index contributed by atoms with van der Waals surface area (Å²) in [5.41, 5.74) is 1.35. The zero-order valence-corrected chi connectivity index (χ0v) is 17.3. The van der Waals surface area contributed by atoms with E-state index in [1.165, 1.54) is 23.9 Å². The molecule has 154 valence electrons. The van der Waals surface area contributed by atoms with E-state index in [2.05, 4.69) is 10.6 Å². The highest BCUT2D eigenvalue weighted by atomic mass is 32.2. The number of hydrogen-bond donors (Lipinski definition) is 3. The number of rotatable bonds is 9. The summed E-state index contributed by atoms with van der Waals surface area (Å²) >= 11 is 1.51. The molecule has 0 saturated carbocycles. The van der Waals surface area contributed by atoms with E-state index in [0.29, 0.717) is 25.1 Å². The Kier molecular flexibility index (Phi) is 7.92. The average Bonchev–Trinajstić information content (AvgIpc) is 2.78. The number of phenolic OH excluding ortho intramolecular Hbond substituents is 1. The number of carbonyl (C=O) groups is 2. The Bertz CT molecular complexity index is 964. The molecular weight excluding hydrogens is 396 g/mol. The van der Waals surface area contributed by atoms with Gasteiger partial charge in [-0.2, -0.15) is 0 Å². The van der Waals surface area contributed by atoms with Gasteiger partial charge in [-0.05, 0) is 42.3 Å². The third-order valence-corrected chi connectivity index (χ3v) is 5.65. The van der Waals surface area contributed by atoms with Crippen molar-refractivity contribution in [2.24, 2.45) is 0 Å². The standard InChI is InChI=1S/C24H24N2O3S/c27-20-12-7-11-19(17-20)23(28)25-15-8-16-26-24(29)22(18-9-3-1-4-10-18)30-21-13-5-2-6-14-21/h1-7,9-14,17,22,27H,8,15-16H2,(H,25,28)(H,26,29). The van der Waals surface area contributed by atoms with Crippen LogP contribution in [0.5, 0.6) is 5.75 Å². The predicted molar refractivity (Wildman–Crippen MR) is 120 cm³/mol. The first-order chi connectivity index (χ1) is 14.6. The zero-order chi connectivity index (χ0) is 21.2. The predicted octanol–water partition coefficient (Wildman–Crippen LogP) is 4.16. The maximum absolute atomic E-state index is 12.9. The van der Waals surface area contributed by atoms with Gasteiger partial charge in [0.2, 0.25) is 5.91 Å². The number of amides is 2. The van der Waals surface area contributed by atoms with Gasteiger partial charge in [-0.15, -0.1) is 11.8 Å². The number of aromatic hydroxyl groups is 1. The summed E-state index contributed by atoms with van der Waals surface area (Å²) in [6.07, 6.45) is 0.605. The minimum Gasteiger partial charge on any atom is -0.508 e. The van der Waals surface area contributed by atoms with Crippen LogP contribution in [-0.2, 0) is 4.79 Å². The third-order valence-electron chi connectivity index (χ3n) is 4.38. The van der Waals surface area contributed by atoms with Gasteiger partial charge >= 0.3 is 0 Å². The molecule has 3 N–H and O–H groups in total. The van der Waals surface area contributed by atoms with E-state index >= 15 is 0 Å². The Morgan fingerprint density at radius 2 is 1.50 bits per heavy atom. The summed E-state index contributed by atoms with van der Waals surface area (Å²) in [5.74, 6) is -0.258. The maximum Gasteiger partial charge on any atom is 0.251 e. The highest BCUT2D eigenvalue weighted by Crippen LogP contribution is 2.35. The topological polar surface area (TPSA) is 78.4 Å². The molecule has 0 aliphatic carbocycles. The Morgan fingerprint density at radius 1 is 0.833 bits per heavy atom. The van der Waals surface area contributed by atoms with Crippen molar-refractivity contribution in [3.8, 4) is 5.75 Å². The van der Waals surface area contributed by atoms with E-state index in [1.807, 2.05) is 60.7 Å². The maximum atomic E-state index is 12.9. The van der Waals surface area contributed by atoms with Gasteiger partial charge in [-0.25, -0.2) is 0 Å². The summed E-state index contributed by atoms with van der Waals surface area (Å²) in [6, 6.07) is 25.7. The summed E-state index contributed by atoms with van der Waals surface area (Å²) in [4.78, 5) is 26.0. The Morgan fingerprint density at radius 3 is 2.20 bits per heavy atom. The lowest BCUT2D eigenvalue weighted by atomic mass is 10.1. The first kappa shape index (κ1) is 21.5. The molecule has 0 aromatic heterocycles. The van der Waals surface area contributed by atoms with Crippen molar-refractivity contribution < 1.29 is 14.7 Å². The second-order valence-electron chi connectivity index (χ2n) is 6.67. The Labute approximate surface area is 180 Å². The first-order valence-electron chi connectivity index (χ1n) is 9.75. The van der Waals surface area contributed by atoms with Gasteiger partial charge in [0.05, 0.1) is 0 Å². The molecule has 6 heteroatoms. The van der Waals surface area contributed by atoms with Crippen molar-refractivity contribution >= 4 is 23.6 Å². The van der Waals surface area contributed by atoms with Gasteiger partial charge in [0.25, 0.3) is 5.91 Å². The van der Waals surface area contributed by atoms with Crippen LogP contribution in [0.1, 0.15) is 27.6 Å². The van der Waals surface area contributed by atoms with Gasteiger partial charge in [-0.3, -0.25) is 9.59 Å². The summed E-state index contributed by atoms with van der Waals surface area (Å²) in [6.45, 7) is 0.883. The minimum absolute atomic E-state index is 0.0535. The SMILES string of the molecule is O=C(NCCCNC(=O)C(Sc1ccccc1)c1ccccc1)c1cccc(O)c1. The number of nitrogens with one attached hydrogen (secondary N) is 2. The quantitative estimate of drug-likeness (QED) is 0.359. The van der Waals surface area contributed by atoms with Crippen LogP contribution in [0.4, 0.5) is 0 Å². The lowest BCUT2D eigenvalue weighted by molar-refractivity contribution is -0.120. The van der Waals surface area contributed by atoms with Crippen LogP contribution in [0.3, 0.4) is 0 Å². The van der Waals surface area contributed by atoms with E-state index in [1.54, 1.807) is 12.1 Å². The van der Waals surface area contributed by atoms with E-state index in [9.17, 15) is 14.7 Å². The fourth-order valence-corrected chi connectivity index (χ4v) is 3.95. The molecule has 1 atom stereocenters. The number of hydrogen-bond acceptors (Lipinski definition) is 4. The first-order valence-corrected chi connectivity index (χ1v) is 10.6. The molecule has 0 fully saturated rings. The van der Waals surface area contributed by atoms with Crippen LogP contribution in [0, 0.1) is 0 Å². The van der Waals surface area contributed by atoms with Crippen LogP contribution in [0.25, 0.3) is 0 Å². The van der Waals surface area contributed by atoms with E-state index in [4.69, 9.17) is 0 Å². The molecule has 0 heterocycles. The molecule has 3 aromatic rings. The molecule has 0 aliphatic heterocycles. The molecule has 3 aromatic carbocycles. The largest absolute Gasteiger partial charge is 0.508 e. The molecule has 30 heavy (non-hydrogen) atoms. The van der Waals surface area contributed by atoms with Gasteiger partial charge in [0.15, 0.2) is 0 Å². The summed E-state index contributed by atoms with van der Waals surface area (Å²) in [7, 11) is 0. The Balaban J connectivity index is 1.50. The van der Waals surface area contributed by atoms with Gasteiger partial charge < -0.3 is 15.7 Å². The highest BCUT2D eigenvalue weighted by Gasteiger charge is 2.21. The van der Waals surface area contributed by atoms with Crippen LogP contribution < -0.4 is 10.6 Å². The zero-order valence-electron chi connectivity index (χ0n) is 16.5. The van der Waals surface area contributed by atoms with Gasteiger partial charge in [0, 0.05) is 23.5 Å². The lowest BCUT2D eigenvalue weighted by Gasteiger charge is -2.17. The summed E-state index contributed by atoms with van der Waals surface area (Å²) < 4.78 is 0. The fraction of sp³-hybridized carbons (Fsp3) is 0.167. The van der Waals surface area contributed by atoms with Crippen molar-refractivity contribution in [1.29, 1.82) is 0 Å². The molecule has 2 amide bonds. The molecule has 1 unspecified atom stereocenters. The summed E-state index contributed by atoms with van der Waals surface area (Å²) in [5, 5.41) is 14.9. The second kappa shape index (κ2) is 11.1. The van der Waals surface area contributed by atoms with Crippen LogP contribution in [0.2, 0.25) is 0 Å². The molecule has 3 rings (SSSR count). The molecular formula is C24H24N2O3S. The minimum atomic E-state index is -0.351. The smallest absolute Gasteiger partial charge is 0.251 e. The number of thioether (sulfide) groups is 1. The van der Waals surface area contributed by atoms with Crippen LogP contribution in [-0.4, -0.2) is 30.0 Å². The normalized spacial score (nSPS) is 11.5. The van der Waals surface area contributed by atoms with Gasteiger partial charge in [-0.1, -0.05) is 54.6 Å². The Hall–Kier alpha value is -3.25. The van der Waals surface area contributed by atoms with Crippen molar-refractivity contribution in [3.63, 3.8) is 0 Å². The monoisotopic (exact) mass is 420 g/mol. The average molecular weight is 421 g/mol. The van der Waals surface area contributed by atoms with Crippen molar-refractivity contribution in [1.82, 2.24) is 10.6 Å². The number of benzene rings is 3.